The van der Waals surface area contributed by atoms with Crippen LogP contribution in [0.4, 0.5) is 0 Å². The number of carbonyl (C=O) groups excluding carboxylic acids is 3. The van der Waals surface area contributed by atoms with Gasteiger partial charge in [-0.15, -0.1) is 0 Å². The number of hydrogen-bond donors (Lipinski definition) is 3. The average Bonchev–Trinajstić information content (AvgIpc) is 2.23. The maximum absolute atomic E-state index is 11.5. The van der Waals surface area contributed by atoms with Crippen molar-refractivity contribution in [3.8, 4) is 0 Å². The molecule has 0 aliphatic heterocycles. The Kier molecular flexibility index (Phi) is 5.16. The van der Waals surface area contributed by atoms with E-state index in [9.17, 15) is 14.4 Å². The third kappa shape index (κ3) is 2.71. The molecule has 3 amide bonds. The summed E-state index contributed by atoms with van der Waals surface area (Å²) >= 11 is 5.69. The molecule has 0 unspecified atom stereocenters. The van der Waals surface area contributed by atoms with Gasteiger partial charge < -0.3 is 17.2 Å². The van der Waals surface area contributed by atoms with Crippen molar-refractivity contribution < 1.29 is 14.4 Å². The first kappa shape index (κ1) is 15.9. The fraction of sp³-hybridized carbons (Fsp3) is 0. The van der Waals surface area contributed by atoms with Crippen LogP contribution in [0.5, 0.6) is 0 Å². The van der Waals surface area contributed by atoms with Gasteiger partial charge in [-0.25, -0.2) is 0 Å². The smallest absolute Gasteiger partial charge is 0.250 e. The van der Waals surface area contributed by atoms with Crippen molar-refractivity contribution >= 4 is 85.5 Å². The Bertz CT molecular complexity index is 545. The van der Waals surface area contributed by atoms with Crippen molar-refractivity contribution in [3.05, 3.63) is 27.4 Å². The van der Waals surface area contributed by atoms with Crippen molar-refractivity contribution in [2.24, 2.45) is 17.2 Å². The monoisotopic (exact) mass is 585 g/mol. The normalized spacial score (nSPS) is 10.2. The summed E-state index contributed by atoms with van der Waals surface area (Å²) < 4.78 is 1.58. The zero-order chi connectivity index (χ0) is 14.2. The number of carbonyl (C=O) groups is 3. The summed E-state index contributed by atoms with van der Waals surface area (Å²) in [7, 11) is 0. The lowest BCUT2D eigenvalue weighted by Crippen LogP contribution is -2.29. The Balaban J connectivity index is 3.99. The van der Waals surface area contributed by atoms with Crippen molar-refractivity contribution in [1.82, 2.24) is 0 Å². The van der Waals surface area contributed by atoms with Gasteiger partial charge in [0.15, 0.2) is 0 Å². The van der Waals surface area contributed by atoms with E-state index in [-0.39, 0.29) is 16.7 Å². The van der Waals surface area contributed by atoms with E-state index in [2.05, 4.69) is 0 Å². The van der Waals surface area contributed by atoms with E-state index in [1.165, 1.54) is 0 Å². The second-order valence-electron chi connectivity index (χ2n) is 3.16. The van der Waals surface area contributed by atoms with Gasteiger partial charge in [0, 0.05) is 10.7 Å². The molecule has 1 rings (SSSR count). The lowest BCUT2D eigenvalue weighted by atomic mass is 9.99. The van der Waals surface area contributed by atoms with Gasteiger partial charge in [0.1, 0.15) is 0 Å². The molecule has 96 valence electrons. The summed E-state index contributed by atoms with van der Waals surface area (Å²) in [4.78, 5) is 34.3. The molecule has 0 spiro atoms. The Morgan fingerprint density at radius 2 is 0.889 bits per heavy atom. The van der Waals surface area contributed by atoms with Crippen LogP contribution in [0.15, 0.2) is 0 Å². The van der Waals surface area contributed by atoms with Gasteiger partial charge in [-0.2, -0.15) is 0 Å². The van der Waals surface area contributed by atoms with Crippen molar-refractivity contribution in [2.45, 2.75) is 0 Å². The van der Waals surface area contributed by atoms with Gasteiger partial charge in [-0.1, -0.05) is 0 Å². The minimum atomic E-state index is -0.912. The van der Waals surface area contributed by atoms with E-state index in [0.29, 0.717) is 10.7 Å². The lowest BCUT2D eigenvalue weighted by Gasteiger charge is -2.14. The van der Waals surface area contributed by atoms with Gasteiger partial charge >= 0.3 is 0 Å². The van der Waals surface area contributed by atoms with E-state index < -0.39 is 17.7 Å². The summed E-state index contributed by atoms with van der Waals surface area (Å²) in [6.07, 6.45) is 0. The van der Waals surface area contributed by atoms with Crippen LogP contribution >= 0.6 is 67.8 Å². The predicted molar refractivity (Wildman–Crippen MR) is 90.1 cm³/mol. The van der Waals surface area contributed by atoms with E-state index in [4.69, 9.17) is 17.2 Å². The van der Waals surface area contributed by atoms with Crippen LogP contribution in [0.25, 0.3) is 0 Å². The minimum absolute atomic E-state index is 0.0679. The Morgan fingerprint density at radius 3 is 1.11 bits per heavy atom. The Hall–Kier alpha value is -0.180. The van der Waals surface area contributed by atoms with Crippen LogP contribution in [-0.2, 0) is 0 Å². The number of rotatable bonds is 3. The van der Waals surface area contributed by atoms with Crippen LogP contribution in [-0.4, -0.2) is 17.7 Å². The zero-order valence-electron chi connectivity index (χ0n) is 8.59. The average molecular weight is 585 g/mol. The summed E-state index contributed by atoms with van der Waals surface area (Å²) in [5.41, 5.74) is 15.3. The van der Waals surface area contributed by atoms with Crippen molar-refractivity contribution in [1.29, 1.82) is 0 Å². The molecule has 6 N–H and O–H groups in total. The van der Waals surface area contributed by atoms with Gasteiger partial charge in [-0.3, -0.25) is 14.4 Å². The maximum atomic E-state index is 11.5. The molecule has 0 fully saturated rings. The second kappa shape index (κ2) is 5.85. The van der Waals surface area contributed by atoms with E-state index in [1.54, 1.807) is 0 Å². The molecule has 0 aliphatic carbocycles. The molecule has 0 heterocycles. The topological polar surface area (TPSA) is 129 Å². The fourth-order valence-corrected chi connectivity index (χ4v) is 4.04. The molecule has 0 saturated heterocycles. The van der Waals surface area contributed by atoms with Crippen molar-refractivity contribution in [2.75, 3.05) is 0 Å². The molecule has 18 heavy (non-hydrogen) atoms. The lowest BCUT2D eigenvalue weighted by molar-refractivity contribution is 0.0953. The molecule has 6 nitrogen and oxygen atoms in total. The summed E-state index contributed by atoms with van der Waals surface area (Å²) in [5, 5.41) is 0. The molecular weight excluding hydrogens is 579 g/mol. The molecule has 1 aromatic carbocycles. The SMILES string of the molecule is NC(=O)c1c(I)c(I)c(I)c(C(N)=O)c1C(N)=O. The van der Waals surface area contributed by atoms with Gasteiger partial charge in [0.05, 0.1) is 16.7 Å². The number of benzene rings is 1. The van der Waals surface area contributed by atoms with E-state index in [0.717, 1.165) is 0 Å². The van der Waals surface area contributed by atoms with Gasteiger partial charge in [0.25, 0.3) is 11.8 Å². The standard InChI is InChI=1S/C9H6I3N3O3/c10-4-2(8(14)17)1(7(13)16)3(9(15)18)5(11)6(4)12/h(H2,13,16)(H2,14,17)(H2,15,18). The van der Waals surface area contributed by atoms with Crippen molar-refractivity contribution in [3.63, 3.8) is 0 Å². The number of halogens is 3. The Labute approximate surface area is 143 Å². The quantitative estimate of drug-likeness (QED) is 0.359. The molecule has 0 aromatic heterocycles. The fourth-order valence-electron chi connectivity index (χ4n) is 1.37. The van der Waals surface area contributed by atoms with Crippen LogP contribution in [0.1, 0.15) is 31.1 Å². The first-order chi connectivity index (χ1) is 8.20. The number of primary amides is 3. The maximum Gasteiger partial charge on any atom is 0.250 e. The molecular formula is C9H6I3N3O3. The first-order valence-electron chi connectivity index (χ1n) is 4.30. The zero-order valence-corrected chi connectivity index (χ0v) is 15.1. The van der Waals surface area contributed by atoms with Gasteiger partial charge in [0.2, 0.25) is 5.91 Å². The molecule has 0 radical (unpaired) electrons. The summed E-state index contributed by atoms with van der Waals surface area (Å²) in [6.45, 7) is 0. The first-order valence-corrected chi connectivity index (χ1v) is 7.53. The van der Waals surface area contributed by atoms with Crippen LogP contribution in [0, 0.1) is 10.7 Å². The highest BCUT2D eigenvalue weighted by molar-refractivity contribution is 14.1. The molecule has 0 aliphatic rings. The van der Waals surface area contributed by atoms with Crippen LogP contribution in [0.2, 0.25) is 0 Å². The highest BCUT2D eigenvalue weighted by Gasteiger charge is 2.28. The molecule has 1 aromatic rings. The number of amides is 3. The molecule has 0 bridgehead atoms. The molecule has 9 heteroatoms. The predicted octanol–water partition coefficient (Wildman–Crippen LogP) is 0.797. The van der Waals surface area contributed by atoms with Crippen LogP contribution < -0.4 is 17.2 Å². The highest BCUT2D eigenvalue weighted by Crippen LogP contribution is 2.31. The van der Waals surface area contributed by atoms with E-state index >= 15 is 0 Å². The largest absolute Gasteiger partial charge is 0.366 e. The third-order valence-electron chi connectivity index (χ3n) is 2.06. The van der Waals surface area contributed by atoms with Crippen LogP contribution in [0.3, 0.4) is 0 Å². The third-order valence-corrected chi connectivity index (χ3v) is 7.36. The number of nitrogens with two attached hydrogens (primary N) is 3. The van der Waals surface area contributed by atoms with E-state index in [1.807, 2.05) is 67.8 Å². The van der Waals surface area contributed by atoms with Gasteiger partial charge in [-0.05, 0) is 67.8 Å². The second-order valence-corrected chi connectivity index (χ2v) is 6.40. The molecule has 0 saturated carbocycles. The Morgan fingerprint density at radius 1 is 0.611 bits per heavy atom. The molecule has 0 atom stereocenters. The highest BCUT2D eigenvalue weighted by atomic mass is 127. The summed E-state index contributed by atoms with van der Waals surface area (Å²) in [5.74, 6) is -2.57. The minimum Gasteiger partial charge on any atom is -0.366 e. The number of hydrogen-bond acceptors (Lipinski definition) is 3. The summed E-state index contributed by atoms with van der Waals surface area (Å²) in [6, 6.07) is 0.